The van der Waals surface area contributed by atoms with E-state index in [4.69, 9.17) is 5.26 Å². The van der Waals surface area contributed by atoms with Gasteiger partial charge in [-0.15, -0.1) is 11.8 Å². The minimum absolute atomic E-state index is 0.360. The van der Waals surface area contributed by atoms with Gasteiger partial charge >= 0.3 is 0 Å². The van der Waals surface area contributed by atoms with Gasteiger partial charge in [0.25, 0.3) is 0 Å². The summed E-state index contributed by atoms with van der Waals surface area (Å²) in [6, 6.07) is 10.3. The smallest absolute Gasteiger partial charge is 0.0633 e. The van der Waals surface area contributed by atoms with E-state index >= 15 is 0 Å². The minimum atomic E-state index is 0.360. The van der Waals surface area contributed by atoms with Crippen molar-refractivity contribution in [1.82, 2.24) is 0 Å². The number of benzene rings is 1. The molecule has 0 N–H and O–H groups in total. The van der Waals surface area contributed by atoms with Crippen LogP contribution in [-0.4, -0.2) is 5.25 Å². The van der Waals surface area contributed by atoms with E-state index < -0.39 is 0 Å². The molecular formula is C10H10BrNS. The van der Waals surface area contributed by atoms with Crippen LogP contribution in [0.4, 0.5) is 0 Å². The molecule has 0 aliphatic rings. The second-order valence-electron chi connectivity index (χ2n) is 2.75. The molecule has 0 heterocycles. The van der Waals surface area contributed by atoms with Crippen molar-refractivity contribution < 1.29 is 0 Å². The zero-order valence-corrected chi connectivity index (χ0v) is 9.73. The molecule has 13 heavy (non-hydrogen) atoms. The first kappa shape index (κ1) is 10.6. The predicted octanol–water partition coefficient (Wildman–Crippen LogP) is 3.84. The highest BCUT2D eigenvalue weighted by Gasteiger charge is 2.03. The monoisotopic (exact) mass is 255 g/mol. The number of nitrogens with zero attached hydrogens (tertiary/aromatic N) is 1. The van der Waals surface area contributed by atoms with Crippen LogP contribution in [0.5, 0.6) is 0 Å². The van der Waals surface area contributed by atoms with E-state index in [2.05, 4.69) is 41.1 Å². The van der Waals surface area contributed by atoms with Crippen molar-refractivity contribution in [2.24, 2.45) is 0 Å². The Morgan fingerprint density at radius 2 is 2.38 bits per heavy atom. The minimum Gasteiger partial charge on any atom is -0.198 e. The van der Waals surface area contributed by atoms with Crippen LogP contribution in [-0.2, 0) is 0 Å². The third kappa shape index (κ3) is 3.84. The van der Waals surface area contributed by atoms with Gasteiger partial charge in [0.1, 0.15) is 0 Å². The van der Waals surface area contributed by atoms with E-state index in [0.29, 0.717) is 11.7 Å². The molecule has 0 aliphatic carbocycles. The van der Waals surface area contributed by atoms with E-state index in [-0.39, 0.29) is 0 Å². The van der Waals surface area contributed by atoms with Gasteiger partial charge in [0, 0.05) is 21.0 Å². The second-order valence-corrected chi connectivity index (χ2v) is 5.18. The number of thioether (sulfide) groups is 1. The lowest BCUT2D eigenvalue weighted by Crippen LogP contribution is -1.92. The summed E-state index contributed by atoms with van der Waals surface area (Å²) < 4.78 is 1.08. The molecule has 0 aliphatic heterocycles. The number of rotatable bonds is 3. The highest BCUT2D eigenvalue weighted by molar-refractivity contribution is 9.10. The first-order valence-electron chi connectivity index (χ1n) is 4.01. The van der Waals surface area contributed by atoms with Crippen LogP contribution in [0.25, 0.3) is 0 Å². The average Bonchev–Trinajstić information content (AvgIpc) is 2.04. The molecule has 1 aromatic carbocycles. The molecule has 0 saturated carbocycles. The van der Waals surface area contributed by atoms with Crippen molar-refractivity contribution in [2.75, 3.05) is 0 Å². The van der Waals surface area contributed by atoms with Gasteiger partial charge < -0.3 is 0 Å². The first-order valence-corrected chi connectivity index (χ1v) is 5.69. The van der Waals surface area contributed by atoms with E-state index in [1.54, 1.807) is 11.8 Å². The van der Waals surface area contributed by atoms with Gasteiger partial charge in [-0.2, -0.15) is 5.26 Å². The van der Waals surface area contributed by atoms with Crippen molar-refractivity contribution in [2.45, 2.75) is 23.5 Å². The molecule has 0 radical (unpaired) electrons. The van der Waals surface area contributed by atoms with Crippen molar-refractivity contribution >= 4 is 27.7 Å². The van der Waals surface area contributed by atoms with Crippen molar-refractivity contribution in [3.8, 4) is 6.07 Å². The van der Waals surface area contributed by atoms with E-state index in [1.165, 1.54) is 4.90 Å². The molecule has 1 aromatic rings. The Morgan fingerprint density at radius 3 is 3.00 bits per heavy atom. The topological polar surface area (TPSA) is 23.8 Å². The van der Waals surface area contributed by atoms with E-state index in [1.807, 2.05) is 12.1 Å². The summed E-state index contributed by atoms with van der Waals surface area (Å²) in [6.45, 7) is 2.06. The van der Waals surface area contributed by atoms with Crippen LogP contribution < -0.4 is 0 Å². The number of hydrogen-bond donors (Lipinski definition) is 0. The standard InChI is InChI=1S/C10H10BrNS/c1-8(5-6-12)13-10-4-2-3-9(11)7-10/h2-4,7-8H,5H2,1H3. The molecule has 0 bridgehead atoms. The van der Waals surface area contributed by atoms with Gasteiger partial charge in [0.2, 0.25) is 0 Å². The van der Waals surface area contributed by atoms with Crippen LogP contribution in [0.2, 0.25) is 0 Å². The zero-order valence-electron chi connectivity index (χ0n) is 7.33. The lowest BCUT2D eigenvalue weighted by atomic mass is 10.4. The molecule has 1 atom stereocenters. The Bertz CT molecular complexity index is 319. The SMILES string of the molecule is CC(CC#N)Sc1cccc(Br)c1. The fourth-order valence-electron chi connectivity index (χ4n) is 0.943. The zero-order chi connectivity index (χ0) is 9.68. The molecule has 0 aromatic heterocycles. The van der Waals surface area contributed by atoms with Crippen molar-refractivity contribution in [3.05, 3.63) is 28.7 Å². The van der Waals surface area contributed by atoms with Gasteiger partial charge in [-0.3, -0.25) is 0 Å². The van der Waals surface area contributed by atoms with Gasteiger partial charge in [0.15, 0.2) is 0 Å². The summed E-state index contributed by atoms with van der Waals surface area (Å²) in [5, 5.41) is 8.86. The molecule has 0 saturated heterocycles. The average molecular weight is 256 g/mol. The van der Waals surface area contributed by atoms with Crippen LogP contribution in [0.1, 0.15) is 13.3 Å². The van der Waals surface area contributed by atoms with Crippen LogP contribution in [0, 0.1) is 11.3 Å². The summed E-state index contributed by atoms with van der Waals surface area (Å²) in [5.74, 6) is 0. The fourth-order valence-corrected chi connectivity index (χ4v) is 2.47. The molecule has 68 valence electrons. The van der Waals surface area contributed by atoms with Crippen LogP contribution in [0.3, 0.4) is 0 Å². The Kier molecular flexibility index (Phi) is 4.34. The largest absolute Gasteiger partial charge is 0.198 e. The maximum Gasteiger partial charge on any atom is 0.0633 e. The van der Waals surface area contributed by atoms with E-state index in [9.17, 15) is 0 Å². The second kappa shape index (κ2) is 5.31. The van der Waals surface area contributed by atoms with Gasteiger partial charge in [-0.1, -0.05) is 28.9 Å². The molecule has 0 amide bonds. The third-order valence-corrected chi connectivity index (χ3v) is 3.10. The number of nitriles is 1. The Hall–Kier alpha value is -0.460. The van der Waals surface area contributed by atoms with Gasteiger partial charge in [0.05, 0.1) is 6.07 Å². The molecule has 3 heteroatoms. The quantitative estimate of drug-likeness (QED) is 0.767. The normalized spacial score (nSPS) is 12.1. The van der Waals surface area contributed by atoms with Crippen LogP contribution >= 0.6 is 27.7 Å². The summed E-state index contributed by atoms with van der Waals surface area (Å²) >= 11 is 5.14. The maximum atomic E-state index is 8.50. The Labute approximate surface area is 91.3 Å². The molecule has 0 fully saturated rings. The molecule has 1 unspecified atom stereocenters. The fraction of sp³-hybridized carbons (Fsp3) is 0.300. The maximum absolute atomic E-state index is 8.50. The summed E-state index contributed by atoms with van der Waals surface area (Å²) in [4.78, 5) is 1.21. The highest BCUT2D eigenvalue weighted by atomic mass is 79.9. The molecule has 0 spiro atoms. The lowest BCUT2D eigenvalue weighted by Gasteiger charge is -2.06. The molecular weight excluding hydrogens is 246 g/mol. The lowest BCUT2D eigenvalue weighted by molar-refractivity contribution is 0.989. The Morgan fingerprint density at radius 1 is 1.62 bits per heavy atom. The summed E-state index contributed by atoms with van der Waals surface area (Å²) in [6.07, 6.45) is 0.594. The van der Waals surface area contributed by atoms with Crippen LogP contribution in [0.15, 0.2) is 33.6 Å². The highest BCUT2D eigenvalue weighted by Crippen LogP contribution is 2.26. The summed E-state index contributed by atoms with van der Waals surface area (Å²) in [7, 11) is 0. The molecule has 1 rings (SSSR count). The van der Waals surface area contributed by atoms with E-state index in [0.717, 1.165) is 4.47 Å². The van der Waals surface area contributed by atoms with Gasteiger partial charge in [-0.25, -0.2) is 0 Å². The van der Waals surface area contributed by atoms with Gasteiger partial charge in [-0.05, 0) is 18.2 Å². The summed E-state index contributed by atoms with van der Waals surface area (Å²) in [5.41, 5.74) is 0. The predicted molar refractivity (Wildman–Crippen MR) is 59.7 cm³/mol. The first-order chi connectivity index (χ1) is 6.22. The third-order valence-electron chi connectivity index (χ3n) is 1.51. The molecule has 1 nitrogen and oxygen atoms in total. The number of halogens is 1. The Balaban J connectivity index is 2.59. The van der Waals surface area contributed by atoms with Crippen molar-refractivity contribution in [3.63, 3.8) is 0 Å². The van der Waals surface area contributed by atoms with Crippen molar-refractivity contribution in [1.29, 1.82) is 5.26 Å². The number of hydrogen-bond acceptors (Lipinski definition) is 2.